The zero-order chi connectivity index (χ0) is 27.8. The van der Waals surface area contributed by atoms with Crippen LogP contribution in [0, 0.1) is 17.1 Å². The van der Waals surface area contributed by atoms with Gasteiger partial charge in [-0.3, -0.25) is 9.48 Å². The number of nitrogens with one attached hydrogen (secondary N) is 1. The third-order valence-electron chi connectivity index (χ3n) is 6.28. The quantitative estimate of drug-likeness (QED) is 0.283. The summed E-state index contributed by atoms with van der Waals surface area (Å²) in [5.74, 6) is 0.246. The van der Waals surface area contributed by atoms with Gasteiger partial charge in [-0.2, -0.15) is 5.26 Å². The van der Waals surface area contributed by atoms with Crippen LogP contribution in [-0.4, -0.2) is 25.2 Å². The third kappa shape index (κ3) is 4.57. The van der Waals surface area contributed by atoms with E-state index in [1.807, 2.05) is 12.1 Å². The minimum atomic E-state index is -0.568. The van der Waals surface area contributed by atoms with Crippen molar-refractivity contribution in [2.75, 3.05) is 11.1 Å². The van der Waals surface area contributed by atoms with Gasteiger partial charge in [-0.15, -0.1) is 5.10 Å². The van der Waals surface area contributed by atoms with Crippen LogP contribution in [0.4, 0.5) is 15.9 Å². The molecule has 194 valence electrons. The fraction of sp³-hybridized carbons (Fsp3) is 0.103. The number of hydrogen-bond acceptors (Lipinski definition) is 6. The van der Waals surface area contributed by atoms with Gasteiger partial charge in [0.1, 0.15) is 23.5 Å². The molecule has 0 aliphatic carbocycles. The van der Waals surface area contributed by atoms with Crippen molar-refractivity contribution in [2.45, 2.75) is 6.92 Å². The van der Waals surface area contributed by atoms with E-state index in [0.29, 0.717) is 56.2 Å². The van der Waals surface area contributed by atoms with Crippen LogP contribution in [0.25, 0.3) is 33.3 Å². The SMILES string of the molecule is C=C(C)C(=O)Nc1ccc(-c2c(-c3ccc(Oc4ccn(C)n4)cc3)c3c(N)ncc(C#N)c3n2C)c(F)c1. The molecule has 0 aliphatic heterocycles. The summed E-state index contributed by atoms with van der Waals surface area (Å²) in [4.78, 5) is 16.3. The van der Waals surface area contributed by atoms with Crippen molar-refractivity contribution >= 4 is 28.3 Å². The van der Waals surface area contributed by atoms with E-state index >= 15 is 4.39 Å². The van der Waals surface area contributed by atoms with Gasteiger partial charge in [-0.05, 0) is 42.8 Å². The van der Waals surface area contributed by atoms with Crippen LogP contribution < -0.4 is 15.8 Å². The average molecular weight is 522 g/mol. The summed E-state index contributed by atoms with van der Waals surface area (Å²) in [5.41, 5.74) is 9.84. The molecule has 3 N–H and O–H groups in total. The maximum atomic E-state index is 15.7. The molecule has 3 aromatic heterocycles. The molecule has 0 fully saturated rings. The molecule has 0 saturated carbocycles. The summed E-state index contributed by atoms with van der Waals surface area (Å²) >= 11 is 0. The second-order valence-corrected chi connectivity index (χ2v) is 9.06. The van der Waals surface area contributed by atoms with Crippen LogP contribution in [0.15, 0.2) is 73.1 Å². The largest absolute Gasteiger partial charge is 0.438 e. The van der Waals surface area contributed by atoms with E-state index in [2.05, 4.69) is 28.0 Å². The number of ether oxygens (including phenoxy) is 1. The maximum Gasteiger partial charge on any atom is 0.250 e. The summed E-state index contributed by atoms with van der Waals surface area (Å²) in [6.07, 6.45) is 3.18. The molecule has 5 rings (SSSR count). The maximum absolute atomic E-state index is 15.7. The Balaban J connectivity index is 1.68. The van der Waals surface area contributed by atoms with E-state index in [1.165, 1.54) is 12.3 Å². The molecule has 39 heavy (non-hydrogen) atoms. The van der Waals surface area contributed by atoms with Gasteiger partial charge in [0.15, 0.2) is 0 Å². The lowest BCUT2D eigenvalue weighted by atomic mass is 9.97. The lowest BCUT2D eigenvalue weighted by Gasteiger charge is -2.12. The van der Waals surface area contributed by atoms with Crippen LogP contribution in [-0.2, 0) is 18.9 Å². The number of nitrogens with zero attached hydrogens (tertiary/aromatic N) is 5. The Morgan fingerprint density at radius 1 is 1.18 bits per heavy atom. The Morgan fingerprint density at radius 3 is 2.54 bits per heavy atom. The van der Waals surface area contributed by atoms with Crippen molar-refractivity contribution in [1.82, 2.24) is 19.3 Å². The van der Waals surface area contributed by atoms with Crippen molar-refractivity contribution in [2.24, 2.45) is 14.1 Å². The van der Waals surface area contributed by atoms with Crippen LogP contribution in [0.2, 0.25) is 0 Å². The molecule has 10 heteroatoms. The van der Waals surface area contributed by atoms with Crippen molar-refractivity contribution in [3.05, 3.63) is 84.5 Å². The summed E-state index contributed by atoms with van der Waals surface area (Å²) < 4.78 is 24.9. The van der Waals surface area contributed by atoms with Gasteiger partial charge in [0.25, 0.3) is 5.91 Å². The Morgan fingerprint density at radius 2 is 1.92 bits per heavy atom. The number of pyridine rings is 1. The molecule has 2 aromatic carbocycles. The number of nitrogen functional groups attached to an aromatic ring is 1. The van der Waals surface area contributed by atoms with Crippen LogP contribution in [0.5, 0.6) is 11.6 Å². The van der Waals surface area contributed by atoms with E-state index in [4.69, 9.17) is 10.5 Å². The molecule has 0 bridgehead atoms. The zero-order valence-electron chi connectivity index (χ0n) is 21.5. The Hall–Kier alpha value is -5.43. The molecular weight excluding hydrogens is 497 g/mol. The van der Waals surface area contributed by atoms with E-state index < -0.39 is 11.7 Å². The fourth-order valence-electron chi connectivity index (χ4n) is 4.47. The number of halogens is 1. The van der Waals surface area contributed by atoms with Gasteiger partial charge in [0.2, 0.25) is 5.88 Å². The second-order valence-electron chi connectivity index (χ2n) is 9.06. The van der Waals surface area contributed by atoms with Crippen molar-refractivity contribution in [3.63, 3.8) is 0 Å². The van der Waals surface area contributed by atoms with Gasteiger partial charge in [-0.1, -0.05) is 18.7 Å². The number of nitriles is 1. The molecule has 9 nitrogen and oxygen atoms in total. The highest BCUT2D eigenvalue weighted by molar-refractivity contribution is 6.11. The lowest BCUT2D eigenvalue weighted by molar-refractivity contribution is -0.112. The Kier molecular flexibility index (Phi) is 6.34. The molecular formula is C29H24FN7O2. The highest BCUT2D eigenvalue weighted by Crippen LogP contribution is 2.44. The van der Waals surface area contributed by atoms with E-state index in [-0.39, 0.29) is 11.4 Å². The number of anilines is 2. The first-order valence-electron chi connectivity index (χ1n) is 11.9. The number of hydrogen-bond donors (Lipinski definition) is 2. The van der Waals surface area contributed by atoms with Crippen molar-refractivity contribution in [1.29, 1.82) is 5.26 Å². The highest BCUT2D eigenvalue weighted by Gasteiger charge is 2.25. The standard InChI is InChI=1S/C29H24FN7O2/c1-16(2)29(38)34-19-7-10-21(22(30)13-19)27-24(25-26(37(27)4)18(14-31)15-33-28(25)32)17-5-8-20(9-6-17)39-23-11-12-36(3)35-23/h5-13,15H,1H2,2-4H3,(H2,32,33)(H,34,38). The predicted molar refractivity (Wildman–Crippen MR) is 147 cm³/mol. The number of benzene rings is 2. The van der Waals surface area contributed by atoms with Gasteiger partial charge in [-0.25, -0.2) is 9.37 Å². The lowest BCUT2D eigenvalue weighted by Crippen LogP contribution is -2.12. The predicted octanol–water partition coefficient (Wildman–Crippen LogP) is 5.54. The molecule has 0 radical (unpaired) electrons. The van der Waals surface area contributed by atoms with Gasteiger partial charge < -0.3 is 20.4 Å². The molecule has 5 aromatic rings. The van der Waals surface area contributed by atoms with E-state index in [1.54, 1.807) is 66.8 Å². The highest BCUT2D eigenvalue weighted by atomic mass is 19.1. The van der Waals surface area contributed by atoms with Gasteiger partial charge >= 0.3 is 0 Å². The van der Waals surface area contributed by atoms with Crippen molar-refractivity contribution in [3.8, 4) is 40.1 Å². The van der Waals surface area contributed by atoms with Crippen LogP contribution in [0.1, 0.15) is 12.5 Å². The molecule has 0 spiro atoms. The number of aromatic nitrogens is 4. The third-order valence-corrected chi connectivity index (χ3v) is 6.28. The van der Waals surface area contributed by atoms with E-state index in [9.17, 15) is 10.1 Å². The van der Waals surface area contributed by atoms with Crippen molar-refractivity contribution < 1.29 is 13.9 Å². The number of fused-ring (bicyclic) bond motifs is 1. The Bertz CT molecular complexity index is 1810. The number of nitrogens with two attached hydrogens (primary N) is 1. The molecule has 0 atom stereocenters. The Labute approximate surface area is 223 Å². The summed E-state index contributed by atoms with van der Waals surface area (Å²) in [7, 11) is 3.54. The van der Waals surface area contributed by atoms with Crippen LogP contribution in [0.3, 0.4) is 0 Å². The molecule has 3 heterocycles. The number of aryl methyl sites for hydroxylation is 2. The normalized spacial score (nSPS) is 10.8. The summed E-state index contributed by atoms with van der Waals surface area (Å²) in [6, 6.07) is 15.5. The first-order valence-corrected chi connectivity index (χ1v) is 11.9. The monoisotopic (exact) mass is 521 g/mol. The van der Waals surface area contributed by atoms with Gasteiger partial charge in [0.05, 0.1) is 22.2 Å². The molecule has 0 saturated heterocycles. The van der Waals surface area contributed by atoms with Crippen LogP contribution >= 0.6 is 0 Å². The smallest absolute Gasteiger partial charge is 0.250 e. The summed E-state index contributed by atoms with van der Waals surface area (Å²) in [6.45, 7) is 5.18. The summed E-state index contributed by atoms with van der Waals surface area (Å²) in [5, 5.41) is 17.2. The number of carbonyl (C=O) groups excluding carboxylic acids is 1. The van der Waals surface area contributed by atoms with E-state index in [0.717, 1.165) is 0 Å². The molecule has 1 amide bonds. The fourth-order valence-corrected chi connectivity index (χ4v) is 4.47. The first-order chi connectivity index (χ1) is 18.7. The number of carbonyl (C=O) groups is 1. The average Bonchev–Trinajstić information content (AvgIpc) is 3.45. The van der Waals surface area contributed by atoms with Gasteiger partial charge in [0, 0.05) is 54.9 Å². The molecule has 0 unspecified atom stereocenters. The zero-order valence-corrected chi connectivity index (χ0v) is 21.5. The second kappa shape index (κ2) is 9.79. The number of amides is 1. The minimum Gasteiger partial charge on any atom is -0.438 e. The topological polar surface area (TPSA) is 124 Å². The number of rotatable bonds is 6. The first kappa shape index (κ1) is 25.2. The molecule has 0 aliphatic rings. The minimum absolute atomic E-state index is 0.209.